The maximum absolute atomic E-state index is 15.0. The molecule has 3 N–H and O–H groups in total. The van der Waals surface area contributed by atoms with E-state index in [0.29, 0.717) is 30.8 Å². The Morgan fingerprint density at radius 2 is 1.75 bits per heavy atom. The summed E-state index contributed by atoms with van der Waals surface area (Å²) in [5.74, 6) is -7.12. The van der Waals surface area contributed by atoms with Crippen LogP contribution in [0.1, 0.15) is 34.8 Å². The van der Waals surface area contributed by atoms with Gasteiger partial charge in [0.05, 0.1) is 16.6 Å². The van der Waals surface area contributed by atoms with Gasteiger partial charge in [0.2, 0.25) is 5.43 Å². The molecule has 5 rings (SSSR count). The number of nitrogens with one attached hydrogen (secondary N) is 1. The number of aliphatic hydroxyl groups is 1. The Morgan fingerprint density at radius 1 is 1.05 bits per heavy atom. The Balaban J connectivity index is 1.68. The molecule has 0 spiro atoms. The molecule has 2 aromatic carbocycles. The van der Waals surface area contributed by atoms with Crippen molar-refractivity contribution in [1.82, 2.24) is 14.9 Å². The van der Waals surface area contributed by atoms with Crippen molar-refractivity contribution in [2.75, 3.05) is 11.4 Å². The summed E-state index contributed by atoms with van der Waals surface area (Å²) < 4.78 is 100. The fraction of sp³-hybridized carbons (Fsp3) is 0.250. The van der Waals surface area contributed by atoms with Crippen LogP contribution in [0.2, 0.25) is 0 Å². The van der Waals surface area contributed by atoms with Crippen LogP contribution in [0.3, 0.4) is 0 Å². The number of aliphatic hydroxyl groups excluding tert-OH is 1. The zero-order chi connectivity index (χ0) is 31.9. The van der Waals surface area contributed by atoms with E-state index < -0.39 is 81.4 Å². The second-order valence-corrected chi connectivity index (χ2v) is 9.86. The molecule has 3 heterocycles. The summed E-state index contributed by atoms with van der Waals surface area (Å²) >= 11 is 0. The van der Waals surface area contributed by atoms with Gasteiger partial charge in [-0.05, 0) is 49.2 Å². The van der Waals surface area contributed by atoms with Crippen molar-refractivity contribution in [1.29, 1.82) is 0 Å². The number of alkyl halides is 3. The van der Waals surface area contributed by atoms with Gasteiger partial charge in [-0.1, -0.05) is 6.07 Å². The number of hydrogen-bond donors (Lipinski definition) is 3. The number of amides is 1. The van der Waals surface area contributed by atoms with Gasteiger partial charge >= 0.3 is 6.18 Å². The molecule has 3 unspecified atom stereocenters. The van der Waals surface area contributed by atoms with E-state index >= 15 is 4.39 Å². The second kappa shape index (κ2) is 11.9. The third-order valence-electron chi connectivity index (χ3n) is 7.08. The van der Waals surface area contributed by atoms with Gasteiger partial charge in [0.1, 0.15) is 40.8 Å². The molecule has 1 aliphatic heterocycles. The zero-order valence-corrected chi connectivity index (χ0v) is 22.2. The molecule has 9 nitrogen and oxygen atoms in total. The number of rotatable bonds is 6. The molecular formula is C28H21F7N4O5. The Bertz CT molecular complexity index is 1780. The maximum atomic E-state index is 15.0. The van der Waals surface area contributed by atoms with Crippen LogP contribution in [0.5, 0.6) is 0 Å². The number of nitrogens with zero attached hydrogens (tertiary/aromatic N) is 3. The minimum absolute atomic E-state index is 0.00957. The average Bonchev–Trinajstić information content (AvgIpc) is 2.96. The van der Waals surface area contributed by atoms with E-state index in [0.717, 1.165) is 28.8 Å². The van der Waals surface area contributed by atoms with Gasteiger partial charge in [0.25, 0.3) is 5.91 Å². The zero-order valence-electron chi connectivity index (χ0n) is 22.2. The number of halogens is 7. The molecule has 3 atom stereocenters. The quantitative estimate of drug-likeness (QED) is 0.161. The first-order valence-electron chi connectivity index (χ1n) is 12.9. The Morgan fingerprint density at radius 3 is 2.39 bits per heavy atom. The van der Waals surface area contributed by atoms with Gasteiger partial charge in [-0.3, -0.25) is 14.2 Å². The highest BCUT2D eigenvalue weighted by atomic mass is 19.4. The van der Waals surface area contributed by atoms with Crippen LogP contribution >= 0.6 is 0 Å². The molecule has 2 aromatic heterocycles. The highest BCUT2D eigenvalue weighted by molar-refractivity contribution is 5.97. The Labute approximate surface area is 242 Å². The van der Waals surface area contributed by atoms with Crippen molar-refractivity contribution in [3.8, 4) is 5.69 Å². The van der Waals surface area contributed by atoms with Crippen LogP contribution in [0.4, 0.5) is 36.6 Å². The van der Waals surface area contributed by atoms with E-state index in [1.54, 1.807) is 0 Å². The number of benzene rings is 2. The summed E-state index contributed by atoms with van der Waals surface area (Å²) in [7, 11) is 0. The van der Waals surface area contributed by atoms with Crippen LogP contribution in [-0.4, -0.2) is 50.9 Å². The average molecular weight is 626 g/mol. The topological polar surface area (TPSA) is 117 Å². The molecule has 0 radical (unpaired) electrons. The predicted octanol–water partition coefficient (Wildman–Crippen LogP) is 4.75. The Hall–Kier alpha value is -4.54. The minimum Gasteiger partial charge on any atom is -0.388 e. The lowest BCUT2D eigenvalue weighted by molar-refractivity contribution is -0.299. The molecule has 4 aromatic rings. The van der Waals surface area contributed by atoms with Crippen LogP contribution in [0, 0.1) is 23.3 Å². The molecule has 0 saturated carbocycles. The number of aromatic nitrogens is 2. The van der Waals surface area contributed by atoms with E-state index in [4.69, 9.17) is 0 Å². The number of pyridine rings is 2. The highest BCUT2D eigenvalue weighted by Crippen LogP contribution is 2.36. The first-order chi connectivity index (χ1) is 20.8. The molecule has 232 valence electrons. The van der Waals surface area contributed by atoms with Crippen LogP contribution in [0.25, 0.3) is 16.7 Å². The molecule has 44 heavy (non-hydrogen) atoms. The van der Waals surface area contributed by atoms with E-state index in [-0.39, 0.29) is 24.4 Å². The van der Waals surface area contributed by atoms with Gasteiger partial charge in [0.15, 0.2) is 17.9 Å². The molecular weight excluding hydrogens is 605 g/mol. The summed E-state index contributed by atoms with van der Waals surface area (Å²) in [6.07, 6.45) is -6.48. The van der Waals surface area contributed by atoms with Crippen LogP contribution in [-0.2, 0) is 4.89 Å². The van der Waals surface area contributed by atoms with Gasteiger partial charge in [-0.15, -0.1) is 0 Å². The first-order valence-corrected chi connectivity index (χ1v) is 12.9. The van der Waals surface area contributed by atoms with Crippen molar-refractivity contribution >= 4 is 22.8 Å². The van der Waals surface area contributed by atoms with Gasteiger partial charge in [0, 0.05) is 18.8 Å². The Kier molecular flexibility index (Phi) is 8.33. The van der Waals surface area contributed by atoms with Crippen LogP contribution in [0.15, 0.2) is 59.5 Å². The lowest BCUT2D eigenvalue weighted by atomic mass is 10.0. The van der Waals surface area contributed by atoms with E-state index in [1.807, 2.05) is 0 Å². The highest BCUT2D eigenvalue weighted by Gasteiger charge is 2.45. The smallest absolute Gasteiger partial charge is 0.388 e. The lowest BCUT2D eigenvalue weighted by Crippen LogP contribution is -2.50. The third-order valence-corrected chi connectivity index (χ3v) is 7.08. The summed E-state index contributed by atoms with van der Waals surface area (Å²) in [5.41, 5.74) is -4.52. The fourth-order valence-electron chi connectivity index (χ4n) is 5.01. The minimum atomic E-state index is -5.42. The third kappa shape index (κ3) is 5.70. The summed E-state index contributed by atoms with van der Waals surface area (Å²) in [5, 5.41) is 20.6. The van der Waals surface area contributed by atoms with E-state index in [9.17, 15) is 46.3 Å². The molecule has 1 saturated heterocycles. The summed E-state index contributed by atoms with van der Waals surface area (Å²) in [6, 6.07) is 3.29. The normalized spacial score (nSPS) is 18.0. The van der Waals surface area contributed by atoms with Crippen LogP contribution < -0.4 is 15.6 Å². The van der Waals surface area contributed by atoms with Gasteiger partial charge in [-0.25, -0.2) is 32.7 Å². The fourth-order valence-corrected chi connectivity index (χ4v) is 5.01. The molecule has 1 amide bonds. The number of carbonyl (C=O) groups excluding carboxylic acids is 1. The first kappa shape index (κ1) is 30.9. The SMILES string of the molecule is O=C(NC(c1c(F)cccc1F)C(F)(F)F)c1cn(-c2ccc(F)cc2F)c2nc(N3CCCC(O)C3OO)ccc2c1=O. The van der Waals surface area contributed by atoms with E-state index in [2.05, 4.69) is 9.87 Å². The molecule has 1 fully saturated rings. The van der Waals surface area contributed by atoms with Gasteiger partial charge < -0.3 is 15.3 Å². The maximum Gasteiger partial charge on any atom is 0.413 e. The number of carbonyl (C=O) groups is 1. The van der Waals surface area contributed by atoms with Crippen molar-refractivity contribution in [2.45, 2.75) is 37.4 Å². The standard InChI is InChI=1S/C28H21F7N4O5/c29-13-6-8-19(18(32)11-13)39-12-15(26(42)37-24(28(33,34)35)22-16(30)3-1-4-17(22)31)23(41)14-7-9-21(36-25(14)39)38-10-2-5-20(40)27(38)44-43/h1,3-4,6-9,11-12,20,24,27,40,43H,2,5,10H2,(H,37,42). The van der Waals surface area contributed by atoms with Gasteiger partial charge in [-0.2, -0.15) is 13.2 Å². The van der Waals surface area contributed by atoms with E-state index in [1.165, 1.54) is 16.3 Å². The number of anilines is 1. The molecule has 16 heteroatoms. The predicted molar refractivity (Wildman–Crippen MR) is 140 cm³/mol. The number of hydrogen-bond acceptors (Lipinski definition) is 7. The van der Waals surface area contributed by atoms with Crippen molar-refractivity contribution in [3.63, 3.8) is 0 Å². The van der Waals surface area contributed by atoms with Crippen molar-refractivity contribution in [3.05, 3.63) is 99.3 Å². The summed E-state index contributed by atoms with van der Waals surface area (Å²) in [6.45, 7) is 0.210. The lowest BCUT2D eigenvalue weighted by Gasteiger charge is -2.37. The number of piperidine rings is 1. The summed E-state index contributed by atoms with van der Waals surface area (Å²) in [4.78, 5) is 36.7. The second-order valence-electron chi connectivity index (χ2n) is 9.86. The monoisotopic (exact) mass is 626 g/mol. The molecule has 1 aliphatic rings. The van der Waals surface area contributed by atoms with Crippen molar-refractivity contribution < 1.29 is 50.8 Å². The molecule has 0 aliphatic carbocycles. The number of fused-ring (bicyclic) bond motifs is 1. The molecule has 0 bridgehead atoms. The largest absolute Gasteiger partial charge is 0.413 e. The van der Waals surface area contributed by atoms with Crippen molar-refractivity contribution in [2.24, 2.45) is 0 Å².